The third kappa shape index (κ3) is 2.67. The van der Waals surface area contributed by atoms with Gasteiger partial charge in [0.1, 0.15) is 6.04 Å². The van der Waals surface area contributed by atoms with Crippen LogP contribution in [0.15, 0.2) is 18.2 Å². The van der Waals surface area contributed by atoms with E-state index in [1.807, 2.05) is 18.2 Å². The van der Waals surface area contributed by atoms with Gasteiger partial charge in [-0.15, -0.1) is 0 Å². The fourth-order valence-electron chi connectivity index (χ4n) is 3.48. The second kappa shape index (κ2) is 6.38. The minimum Gasteiger partial charge on any atom is -0.385 e. The van der Waals surface area contributed by atoms with E-state index in [1.54, 1.807) is 11.9 Å². The van der Waals surface area contributed by atoms with E-state index < -0.39 is 0 Å². The molecule has 1 atom stereocenters. The van der Waals surface area contributed by atoms with E-state index in [2.05, 4.69) is 10.6 Å². The highest BCUT2D eigenvalue weighted by molar-refractivity contribution is 6.00. The molecule has 5 heteroatoms. The molecule has 2 amide bonds. The molecule has 2 aliphatic heterocycles. The van der Waals surface area contributed by atoms with Gasteiger partial charge in [-0.25, -0.2) is 0 Å². The van der Waals surface area contributed by atoms with Crippen LogP contribution >= 0.6 is 0 Å². The predicted octanol–water partition coefficient (Wildman–Crippen LogP) is 1.79. The normalized spacial score (nSPS) is 20.8. The van der Waals surface area contributed by atoms with Gasteiger partial charge in [-0.2, -0.15) is 0 Å². The first-order chi connectivity index (χ1) is 10.7. The van der Waals surface area contributed by atoms with Gasteiger partial charge >= 0.3 is 0 Å². The minimum atomic E-state index is -0.335. The Balaban J connectivity index is 1.91. The molecule has 1 unspecified atom stereocenters. The standard InChI is InChI=1S/C17H23N3O2/c1-18-16(21)15-9-2-3-11-20(15)17(22)13-6-4-8-14-12(13)7-5-10-19-14/h4,6,8,15,19H,2-3,5,7,9-11H2,1H3,(H,18,21). The number of piperidine rings is 1. The molecule has 2 aliphatic rings. The molecule has 0 saturated carbocycles. The Bertz CT molecular complexity index is 585. The molecule has 2 N–H and O–H groups in total. The van der Waals surface area contributed by atoms with Gasteiger partial charge < -0.3 is 15.5 Å². The van der Waals surface area contributed by atoms with E-state index in [0.717, 1.165) is 55.5 Å². The molecule has 3 rings (SSSR count). The highest BCUT2D eigenvalue weighted by atomic mass is 16.2. The van der Waals surface area contributed by atoms with E-state index in [-0.39, 0.29) is 17.9 Å². The Morgan fingerprint density at radius 2 is 2.14 bits per heavy atom. The smallest absolute Gasteiger partial charge is 0.254 e. The summed E-state index contributed by atoms with van der Waals surface area (Å²) in [5.41, 5.74) is 2.91. The largest absolute Gasteiger partial charge is 0.385 e. The maximum Gasteiger partial charge on any atom is 0.254 e. The van der Waals surface area contributed by atoms with Crippen molar-refractivity contribution in [2.45, 2.75) is 38.1 Å². The molecule has 0 radical (unpaired) electrons. The molecule has 22 heavy (non-hydrogen) atoms. The maximum absolute atomic E-state index is 13.0. The summed E-state index contributed by atoms with van der Waals surface area (Å²) in [6, 6.07) is 5.50. The summed E-state index contributed by atoms with van der Waals surface area (Å²) >= 11 is 0. The van der Waals surface area contributed by atoms with Crippen LogP contribution in [0.2, 0.25) is 0 Å². The molecular weight excluding hydrogens is 278 g/mol. The summed E-state index contributed by atoms with van der Waals surface area (Å²) in [5.74, 6) is -0.0650. The molecule has 118 valence electrons. The Labute approximate surface area is 131 Å². The zero-order valence-electron chi connectivity index (χ0n) is 13.0. The van der Waals surface area contributed by atoms with Gasteiger partial charge in [-0.05, 0) is 49.8 Å². The summed E-state index contributed by atoms with van der Waals surface area (Å²) in [6.45, 7) is 1.61. The van der Waals surface area contributed by atoms with E-state index >= 15 is 0 Å². The molecule has 1 aromatic carbocycles. The van der Waals surface area contributed by atoms with Crippen LogP contribution in [0.1, 0.15) is 41.6 Å². The van der Waals surface area contributed by atoms with Crippen LogP contribution in [-0.4, -0.2) is 42.9 Å². The zero-order chi connectivity index (χ0) is 15.5. The number of hydrogen-bond acceptors (Lipinski definition) is 3. The number of benzene rings is 1. The third-order valence-corrected chi connectivity index (χ3v) is 4.64. The Kier molecular flexibility index (Phi) is 4.32. The van der Waals surface area contributed by atoms with Crippen LogP contribution in [0.4, 0.5) is 5.69 Å². The molecule has 0 aromatic heterocycles. The summed E-state index contributed by atoms with van der Waals surface area (Å²) in [5, 5.41) is 6.04. The lowest BCUT2D eigenvalue weighted by Crippen LogP contribution is -2.51. The molecular formula is C17H23N3O2. The molecule has 2 heterocycles. The number of anilines is 1. The summed E-state index contributed by atoms with van der Waals surface area (Å²) < 4.78 is 0. The van der Waals surface area contributed by atoms with Crippen molar-refractivity contribution in [3.8, 4) is 0 Å². The average molecular weight is 301 g/mol. The number of rotatable bonds is 2. The number of hydrogen-bond donors (Lipinski definition) is 2. The number of carbonyl (C=O) groups excluding carboxylic acids is 2. The molecule has 1 saturated heterocycles. The lowest BCUT2D eigenvalue weighted by molar-refractivity contribution is -0.126. The van der Waals surface area contributed by atoms with Crippen molar-refractivity contribution in [2.75, 3.05) is 25.5 Å². The highest BCUT2D eigenvalue weighted by Crippen LogP contribution is 2.28. The van der Waals surface area contributed by atoms with Gasteiger partial charge in [-0.1, -0.05) is 6.07 Å². The van der Waals surface area contributed by atoms with Gasteiger partial charge in [-0.3, -0.25) is 9.59 Å². The molecule has 1 aromatic rings. The first kappa shape index (κ1) is 14.9. The van der Waals surface area contributed by atoms with Gasteiger partial charge in [0.15, 0.2) is 0 Å². The number of nitrogens with zero attached hydrogens (tertiary/aromatic N) is 1. The molecule has 5 nitrogen and oxygen atoms in total. The summed E-state index contributed by atoms with van der Waals surface area (Å²) in [7, 11) is 1.63. The van der Waals surface area contributed by atoms with Crippen LogP contribution in [-0.2, 0) is 11.2 Å². The third-order valence-electron chi connectivity index (χ3n) is 4.64. The van der Waals surface area contributed by atoms with Gasteiger partial charge in [0.25, 0.3) is 5.91 Å². The first-order valence-electron chi connectivity index (χ1n) is 8.10. The van der Waals surface area contributed by atoms with E-state index in [1.165, 1.54) is 0 Å². The molecule has 0 spiro atoms. The van der Waals surface area contributed by atoms with Crippen LogP contribution in [0.3, 0.4) is 0 Å². The Hall–Kier alpha value is -2.04. The van der Waals surface area contributed by atoms with Crippen molar-refractivity contribution < 1.29 is 9.59 Å². The van der Waals surface area contributed by atoms with Gasteiger partial charge in [0.2, 0.25) is 5.91 Å². The summed E-state index contributed by atoms with van der Waals surface area (Å²) in [6.07, 6.45) is 4.67. The van der Waals surface area contributed by atoms with Crippen LogP contribution in [0.25, 0.3) is 0 Å². The number of nitrogens with one attached hydrogen (secondary N) is 2. The zero-order valence-corrected chi connectivity index (χ0v) is 13.0. The van der Waals surface area contributed by atoms with Crippen molar-refractivity contribution in [3.05, 3.63) is 29.3 Å². The average Bonchev–Trinajstić information content (AvgIpc) is 2.60. The van der Waals surface area contributed by atoms with Crippen molar-refractivity contribution >= 4 is 17.5 Å². The highest BCUT2D eigenvalue weighted by Gasteiger charge is 2.33. The molecule has 0 bridgehead atoms. The molecule has 1 fully saturated rings. The summed E-state index contributed by atoms with van der Waals surface area (Å²) in [4.78, 5) is 26.9. The van der Waals surface area contributed by atoms with Crippen molar-refractivity contribution in [2.24, 2.45) is 0 Å². The Morgan fingerprint density at radius 1 is 1.27 bits per heavy atom. The second-order valence-electron chi connectivity index (χ2n) is 5.99. The molecule has 0 aliphatic carbocycles. The maximum atomic E-state index is 13.0. The number of likely N-dealkylation sites (tertiary alicyclic amines) is 1. The van der Waals surface area contributed by atoms with E-state index in [9.17, 15) is 9.59 Å². The number of amides is 2. The first-order valence-corrected chi connectivity index (χ1v) is 8.10. The van der Waals surface area contributed by atoms with Gasteiger partial charge in [0, 0.05) is 31.4 Å². The fraction of sp³-hybridized carbons (Fsp3) is 0.529. The lowest BCUT2D eigenvalue weighted by atomic mass is 9.94. The number of likely N-dealkylation sites (N-methyl/N-ethyl adjacent to an activating group) is 1. The lowest BCUT2D eigenvalue weighted by Gasteiger charge is -2.35. The Morgan fingerprint density at radius 3 is 2.95 bits per heavy atom. The van der Waals surface area contributed by atoms with Gasteiger partial charge in [0.05, 0.1) is 0 Å². The van der Waals surface area contributed by atoms with E-state index in [0.29, 0.717) is 6.54 Å². The SMILES string of the molecule is CNC(=O)C1CCCCN1C(=O)c1cccc2c1CCCN2. The minimum absolute atomic E-state index is 0.00569. The van der Waals surface area contributed by atoms with Crippen LogP contribution < -0.4 is 10.6 Å². The number of fused-ring (bicyclic) bond motifs is 1. The van der Waals surface area contributed by atoms with Crippen molar-refractivity contribution in [3.63, 3.8) is 0 Å². The van der Waals surface area contributed by atoms with Crippen molar-refractivity contribution in [1.29, 1.82) is 0 Å². The van der Waals surface area contributed by atoms with Crippen LogP contribution in [0.5, 0.6) is 0 Å². The second-order valence-corrected chi connectivity index (χ2v) is 5.99. The fourth-order valence-corrected chi connectivity index (χ4v) is 3.48. The topological polar surface area (TPSA) is 61.4 Å². The number of carbonyl (C=O) groups is 2. The van der Waals surface area contributed by atoms with Crippen LogP contribution in [0, 0.1) is 0 Å². The predicted molar refractivity (Wildman–Crippen MR) is 86.0 cm³/mol. The van der Waals surface area contributed by atoms with E-state index in [4.69, 9.17) is 0 Å². The monoisotopic (exact) mass is 301 g/mol. The quantitative estimate of drug-likeness (QED) is 0.875. The van der Waals surface area contributed by atoms with Crippen molar-refractivity contribution in [1.82, 2.24) is 10.2 Å².